The van der Waals surface area contributed by atoms with Gasteiger partial charge in [-0.15, -0.1) is 0 Å². The van der Waals surface area contributed by atoms with Crippen LogP contribution in [0.2, 0.25) is 0 Å². The largest absolute Gasteiger partial charge is 0.341 e. The molecule has 98 valence electrons. The van der Waals surface area contributed by atoms with Gasteiger partial charge in [0.25, 0.3) is 0 Å². The Morgan fingerprint density at radius 1 is 1.29 bits per heavy atom. The van der Waals surface area contributed by atoms with Gasteiger partial charge in [0.1, 0.15) is 5.75 Å². The van der Waals surface area contributed by atoms with Crippen molar-refractivity contribution >= 4 is 15.7 Å². The molecule has 0 aromatic heterocycles. The normalized spacial score (nSPS) is 21.7. The molecule has 0 atom stereocenters. The van der Waals surface area contributed by atoms with E-state index in [9.17, 15) is 22.0 Å². The summed E-state index contributed by atoms with van der Waals surface area (Å²) in [6, 6.07) is 0. The van der Waals surface area contributed by atoms with E-state index in [1.54, 1.807) is 0 Å². The van der Waals surface area contributed by atoms with Gasteiger partial charge >= 0.3 is 0 Å². The second-order valence-corrected chi connectivity index (χ2v) is 7.08. The number of halogens is 2. The topological polar surface area (TPSA) is 54.5 Å². The molecule has 1 heterocycles. The number of carbonyl (C=O) groups is 1. The molecule has 0 aromatic carbocycles. The summed E-state index contributed by atoms with van der Waals surface area (Å²) >= 11 is 0. The van der Waals surface area contributed by atoms with Crippen molar-refractivity contribution in [1.82, 2.24) is 4.90 Å². The molecule has 7 heteroatoms. The summed E-state index contributed by atoms with van der Waals surface area (Å²) in [4.78, 5) is 12.9. The number of hydrogen-bond donors (Lipinski definition) is 0. The zero-order valence-electron chi connectivity index (χ0n) is 9.31. The van der Waals surface area contributed by atoms with Crippen LogP contribution in [0.4, 0.5) is 8.78 Å². The second-order valence-electron chi connectivity index (χ2n) is 4.80. The summed E-state index contributed by atoms with van der Waals surface area (Å²) in [5, 5.41) is -0.343. The van der Waals surface area contributed by atoms with Gasteiger partial charge in [-0.05, 0) is 18.8 Å². The van der Waals surface area contributed by atoms with Gasteiger partial charge in [0.2, 0.25) is 12.3 Å². The van der Waals surface area contributed by atoms with Crippen molar-refractivity contribution in [1.29, 1.82) is 0 Å². The Labute approximate surface area is 98.9 Å². The predicted molar refractivity (Wildman–Crippen MR) is 57.5 cm³/mol. The highest BCUT2D eigenvalue weighted by Gasteiger charge is 2.40. The average molecular weight is 267 g/mol. The Hall–Kier alpha value is -0.720. The van der Waals surface area contributed by atoms with Crippen LogP contribution < -0.4 is 0 Å². The van der Waals surface area contributed by atoms with Gasteiger partial charge < -0.3 is 4.90 Å². The van der Waals surface area contributed by atoms with Crippen LogP contribution in [0, 0.1) is 5.92 Å². The van der Waals surface area contributed by atoms with E-state index in [0.29, 0.717) is 12.8 Å². The number of rotatable bonds is 5. The van der Waals surface area contributed by atoms with Crippen molar-refractivity contribution in [3.63, 3.8) is 0 Å². The molecule has 0 spiro atoms. The maximum Gasteiger partial charge on any atom is 0.239 e. The molecule has 0 N–H and O–H groups in total. The summed E-state index contributed by atoms with van der Waals surface area (Å²) in [7, 11) is -3.29. The molecule has 17 heavy (non-hydrogen) atoms. The first kappa shape index (κ1) is 12.7. The van der Waals surface area contributed by atoms with Gasteiger partial charge in [-0.1, -0.05) is 0 Å². The molecule has 1 amide bonds. The molecule has 2 fully saturated rings. The lowest BCUT2D eigenvalue weighted by atomic mass is 9.97. The monoisotopic (exact) mass is 267 g/mol. The van der Waals surface area contributed by atoms with Crippen molar-refractivity contribution in [2.75, 3.05) is 18.8 Å². The fraction of sp³-hybridized carbons (Fsp3) is 0.900. The van der Waals surface area contributed by atoms with Gasteiger partial charge in [0.15, 0.2) is 9.84 Å². The van der Waals surface area contributed by atoms with Crippen LogP contribution >= 0.6 is 0 Å². The van der Waals surface area contributed by atoms with E-state index in [2.05, 4.69) is 0 Å². The predicted octanol–water partition coefficient (Wildman–Crippen LogP) is 0.677. The van der Waals surface area contributed by atoms with Crippen LogP contribution in [0.15, 0.2) is 0 Å². The molecule has 1 saturated carbocycles. The summed E-state index contributed by atoms with van der Waals surface area (Å²) in [5.41, 5.74) is 0. The number of likely N-dealkylation sites (tertiary alicyclic amines) is 1. The van der Waals surface area contributed by atoms with Gasteiger partial charge in [-0.2, -0.15) is 0 Å². The first-order chi connectivity index (χ1) is 7.88. The number of sulfone groups is 1. The van der Waals surface area contributed by atoms with E-state index in [-0.39, 0.29) is 30.7 Å². The molecular weight excluding hydrogens is 252 g/mol. The standard InChI is InChI=1S/C10H15F2NO3S/c11-9(12)3-7-4-13(5-7)10(14)6-17(15,16)8-1-2-8/h7-9H,1-6H2. The molecule has 1 saturated heterocycles. The minimum absolute atomic E-state index is 0.178. The Bertz CT molecular complexity index is 400. The fourth-order valence-corrected chi connectivity index (χ4v) is 3.60. The molecule has 0 radical (unpaired) electrons. The van der Waals surface area contributed by atoms with E-state index in [1.165, 1.54) is 4.90 Å². The maximum absolute atomic E-state index is 12.0. The minimum Gasteiger partial charge on any atom is -0.341 e. The third kappa shape index (κ3) is 3.14. The van der Waals surface area contributed by atoms with Gasteiger partial charge in [-0.25, -0.2) is 17.2 Å². The molecule has 1 aliphatic carbocycles. The summed E-state index contributed by atoms with van der Waals surface area (Å²) in [5.74, 6) is -1.08. The Kier molecular flexibility index (Phi) is 3.38. The summed E-state index contributed by atoms with van der Waals surface area (Å²) in [6.45, 7) is 0.534. The Morgan fingerprint density at radius 3 is 2.35 bits per heavy atom. The van der Waals surface area contributed by atoms with Gasteiger partial charge in [0.05, 0.1) is 5.25 Å². The van der Waals surface area contributed by atoms with Crippen molar-refractivity contribution in [2.24, 2.45) is 5.92 Å². The van der Waals surface area contributed by atoms with E-state index >= 15 is 0 Å². The van der Waals surface area contributed by atoms with Gasteiger partial charge in [0, 0.05) is 19.5 Å². The van der Waals surface area contributed by atoms with Gasteiger partial charge in [-0.3, -0.25) is 4.79 Å². The first-order valence-corrected chi connectivity index (χ1v) is 7.37. The van der Waals surface area contributed by atoms with Crippen LogP contribution in [0.3, 0.4) is 0 Å². The Morgan fingerprint density at radius 2 is 1.88 bits per heavy atom. The quantitative estimate of drug-likeness (QED) is 0.736. The average Bonchev–Trinajstić information content (AvgIpc) is 2.91. The van der Waals surface area contributed by atoms with Crippen LogP contribution in [-0.4, -0.2) is 49.7 Å². The molecule has 1 aliphatic heterocycles. The van der Waals surface area contributed by atoms with Crippen LogP contribution in [0.5, 0.6) is 0 Å². The number of nitrogens with zero attached hydrogens (tertiary/aromatic N) is 1. The number of alkyl halides is 2. The first-order valence-electron chi connectivity index (χ1n) is 5.66. The third-order valence-electron chi connectivity index (χ3n) is 3.18. The molecule has 0 unspecified atom stereocenters. The van der Waals surface area contributed by atoms with Crippen LogP contribution in [0.25, 0.3) is 0 Å². The van der Waals surface area contributed by atoms with Crippen molar-refractivity contribution in [3.05, 3.63) is 0 Å². The minimum atomic E-state index is -3.29. The smallest absolute Gasteiger partial charge is 0.239 e. The van der Waals surface area contributed by atoms with Crippen molar-refractivity contribution in [3.8, 4) is 0 Å². The van der Waals surface area contributed by atoms with Crippen molar-refractivity contribution < 1.29 is 22.0 Å². The van der Waals surface area contributed by atoms with E-state index < -0.39 is 27.9 Å². The lowest BCUT2D eigenvalue weighted by Gasteiger charge is -2.39. The summed E-state index contributed by atoms with van der Waals surface area (Å²) in [6.07, 6.45) is -1.28. The van der Waals surface area contributed by atoms with E-state index in [1.807, 2.05) is 0 Å². The summed E-state index contributed by atoms with van der Waals surface area (Å²) < 4.78 is 47.1. The second kappa shape index (κ2) is 4.51. The zero-order valence-corrected chi connectivity index (χ0v) is 10.1. The molecule has 0 bridgehead atoms. The molecule has 2 aliphatic rings. The zero-order chi connectivity index (χ0) is 12.6. The highest BCUT2D eigenvalue weighted by atomic mass is 32.2. The maximum atomic E-state index is 12.0. The number of carbonyl (C=O) groups excluding carboxylic acids is 1. The lowest BCUT2D eigenvalue weighted by molar-refractivity contribution is -0.135. The Balaban J connectivity index is 1.76. The fourth-order valence-electron chi connectivity index (χ4n) is 1.98. The highest BCUT2D eigenvalue weighted by molar-refractivity contribution is 7.93. The van der Waals surface area contributed by atoms with E-state index in [4.69, 9.17) is 0 Å². The number of amides is 1. The van der Waals surface area contributed by atoms with Crippen molar-refractivity contribution in [2.45, 2.75) is 30.9 Å². The highest BCUT2D eigenvalue weighted by Crippen LogP contribution is 2.30. The number of hydrogen-bond acceptors (Lipinski definition) is 3. The molecule has 2 rings (SSSR count). The molecule has 4 nitrogen and oxygen atoms in total. The molecule has 0 aromatic rings. The van der Waals surface area contributed by atoms with Crippen LogP contribution in [-0.2, 0) is 14.6 Å². The third-order valence-corrected chi connectivity index (χ3v) is 5.31. The molecular formula is C10H15F2NO3S. The SMILES string of the molecule is O=C(CS(=O)(=O)C1CC1)N1CC(CC(F)F)C1. The van der Waals surface area contributed by atoms with Crippen LogP contribution in [0.1, 0.15) is 19.3 Å². The lowest BCUT2D eigenvalue weighted by Crippen LogP contribution is -2.52. The van der Waals surface area contributed by atoms with E-state index in [0.717, 1.165) is 0 Å².